The Kier molecular flexibility index (Phi) is 10.3. The summed E-state index contributed by atoms with van der Waals surface area (Å²) in [7, 11) is 0. The number of hydrogen-bond acceptors (Lipinski definition) is 6. The van der Waals surface area contributed by atoms with E-state index in [9.17, 15) is 14.4 Å². The fraction of sp³-hybridized carbons (Fsp3) is 0.833. The fourth-order valence-electron chi connectivity index (χ4n) is 2.76. The number of esters is 3. The van der Waals surface area contributed by atoms with E-state index in [1.165, 1.54) is 0 Å². The lowest BCUT2D eigenvalue weighted by atomic mass is 9.69. The van der Waals surface area contributed by atoms with Crippen molar-refractivity contribution in [2.75, 3.05) is 19.8 Å². The van der Waals surface area contributed by atoms with Gasteiger partial charge in [0.2, 0.25) is 0 Å². The SMILES string of the molecule is CCCCC(C)(C)C(C(=O)OCC)C(C(=O)OCC)C(=O)OCC. The van der Waals surface area contributed by atoms with Crippen molar-refractivity contribution >= 4 is 17.9 Å². The molecule has 1 atom stereocenters. The summed E-state index contributed by atoms with van der Waals surface area (Å²) in [4.78, 5) is 37.4. The second kappa shape index (κ2) is 11.0. The first-order valence-corrected chi connectivity index (χ1v) is 8.76. The second-order valence-corrected chi connectivity index (χ2v) is 6.30. The van der Waals surface area contributed by atoms with Crippen molar-refractivity contribution in [3.8, 4) is 0 Å². The Bertz CT molecular complexity index is 398. The van der Waals surface area contributed by atoms with Crippen molar-refractivity contribution < 1.29 is 28.6 Å². The molecule has 0 saturated carbocycles. The van der Waals surface area contributed by atoms with Crippen LogP contribution in [0.5, 0.6) is 0 Å². The lowest BCUT2D eigenvalue weighted by Crippen LogP contribution is -2.46. The van der Waals surface area contributed by atoms with Gasteiger partial charge in [-0.15, -0.1) is 0 Å². The van der Waals surface area contributed by atoms with E-state index in [2.05, 4.69) is 0 Å². The monoisotopic (exact) mass is 344 g/mol. The van der Waals surface area contributed by atoms with Crippen molar-refractivity contribution in [1.29, 1.82) is 0 Å². The molecule has 140 valence electrons. The second-order valence-electron chi connectivity index (χ2n) is 6.30. The summed E-state index contributed by atoms with van der Waals surface area (Å²) in [5, 5.41) is 0. The number of rotatable bonds is 11. The van der Waals surface area contributed by atoms with Crippen molar-refractivity contribution in [1.82, 2.24) is 0 Å². The van der Waals surface area contributed by atoms with Crippen molar-refractivity contribution in [3.05, 3.63) is 0 Å². The summed E-state index contributed by atoms with van der Waals surface area (Å²) in [5.41, 5.74) is -0.605. The van der Waals surface area contributed by atoms with E-state index in [0.29, 0.717) is 6.42 Å². The average molecular weight is 344 g/mol. The molecular weight excluding hydrogens is 312 g/mol. The van der Waals surface area contributed by atoms with Gasteiger partial charge in [-0.3, -0.25) is 14.4 Å². The Morgan fingerprint density at radius 2 is 1.21 bits per heavy atom. The van der Waals surface area contributed by atoms with Gasteiger partial charge in [0, 0.05) is 0 Å². The van der Waals surface area contributed by atoms with Crippen LogP contribution in [-0.4, -0.2) is 37.7 Å². The highest BCUT2D eigenvalue weighted by Gasteiger charge is 2.50. The third-order valence-electron chi connectivity index (χ3n) is 3.97. The van der Waals surface area contributed by atoms with Gasteiger partial charge < -0.3 is 14.2 Å². The van der Waals surface area contributed by atoms with Gasteiger partial charge in [-0.05, 0) is 32.6 Å². The minimum Gasteiger partial charge on any atom is -0.466 e. The van der Waals surface area contributed by atoms with E-state index < -0.39 is 35.2 Å². The molecule has 0 aromatic carbocycles. The van der Waals surface area contributed by atoms with Gasteiger partial charge in [0.1, 0.15) is 0 Å². The first-order chi connectivity index (χ1) is 11.3. The van der Waals surface area contributed by atoms with Crippen LogP contribution in [0.1, 0.15) is 60.8 Å². The molecule has 0 bridgehead atoms. The topological polar surface area (TPSA) is 78.9 Å². The molecule has 0 rings (SSSR count). The summed E-state index contributed by atoms with van der Waals surface area (Å²) in [6.45, 7) is 11.2. The average Bonchev–Trinajstić information content (AvgIpc) is 2.50. The van der Waals surface area contributed by atoms with E-state index in [-0.39, 0.29) is 19.8 Å². The van der Waals surface area contributed by atoms with Crippen LogP contribution in [0.25, 0.3) is 0 Å². The molecule has 0 aliphatic heterocycles. The Morgan fingerprint density at radius 3 is 1.58 bits per heavy atom. The number of hydrogen-bond donors (Lipinski definition) is 0. The minimum absolute atomic E-state index is 0.125. The molecule has 0 spiro atoms. The molecule has 0 N–H and O–H groups in total. The summed E-state index contributed by atoms with van der Waals surface area (Å²) in [5.74, 6) is -4.29. The fourth-order valence-corrected chi connectivity index (χ4v) is 2.76. The molecule has 0 amide bonds. The van der Waals surface area contributed by atoms with Crippen LogP contribution in [0.15, 0.2) is 0 Å². The molecule has 0 aromatic rings. The molecule has 0 heterocycles. The number of unbranched alkanes of at least 4 members (excludes halogenated alkanes) is 1. The lowest BCUT2D eigenvalue weighted by Gasteiger charge is -2.35. The highest BCUT2D eigenvalue weighted by Crippen LogP contribution is 2.39. The maximum absolute atomic E-state index is 12.6. The number of ether oxygens (including phenoxy) is 3. The Balaban J connectivity index is 5.82. The number of carbonyl (C=O) groups excluding carboxylic acids is 3. The molecule has 0 radical (unpaired) electrons. The third-order valence-corrected chi connectivity index (χ3v) is 3.97. The maximum Gasteiger partial charge on any atom is 0.321 e. The van der Waals surface area contributed by atoms with Gasteiger partial charge in [0.25, 0.3) is 0 Å². The molecule has 0 fully saturated rings. The van der Waals surface area contributed by atoms with Crippen molar-refractivity contribution in [3.63, 3.8) is 0 Å². The van der Waals surface area contributed by atoms with Gasteiger partial charge in [-0.2, -0.15) is 0 Å². The molecule has 0 saturated heterocycles. The Labute approximate surface area is 145 Å². The van der Waals surface area contributed by atoms with Crippen molar-refractivity contribution in [2.45, 2.75) is 60.8 Å². The molecule has 24 heavy (non-hydrogen) atoms. The molecule has 6 nitrogen and oxygen atoms in total. The predicted octanol–water partition coefficient (Wildman–Crippen LogP) is 3.12. The summed E-state index contributed by atoms with van der Waals surface area (Å²) in [6, 6.07) is 0. The molecule has 1 unspecified atom stereocenters. The van der Waals surface area contributed by atoms with Gasteiger partial charge >= 0.3 is 17.9 Å². The summed E-state index contributed by atoms with van der Waals surface area (Å²) in [6.07, 6.45) is 2.51. The zero-order chi connectivity index (χ0) is 18.8. The van der Waals surface area contributed by atoms with Gasteiger partial charge in [-0.1, -0.05) is 33.6 Å². The van der Waals surface area contributed by atoms with E-state index in [1.54, 1.807) is 20.8 Å². The van der Waals surface area contributed by atoms with Crippen LogP contribution in [0.3, 0.4) is 0 Å². The van der Waals surface area contributed by atoms with Crippen LogP contribution in [0.4, 0.5) is 0 Å². The largest absolute Gasteiger partial charge is 0.466 e. The minimum atomic E-state index is -1.31. The van der Waals surface area contributed by atoms with E-state index in [0.717, 1.165) is 12.8 Å². The van der Waals surface area contributed by atoms with E-state index in [1.807, 2.05) is 20.8 Å². The third kappa shape index (κ3) is 6.49. The highest BCUT2D eigenvalue weighted by molar-refractivity contribution is 5.99. The summed E-state index contributed by atoms with van der Waals surface area (Å²) < 4.78 is 15.2. The van der Waals surface area contributed by atoms with Crippen LogP contribution in [0, 0.1) is 17.3 Å². The Hall–Kier alpha value is -1.59. The standard InChI is InChI=1S/C18H32O6/c1-7-11-12-18(5,6)14(17(21)24-10-4)13(15(19)22-8-2)16(20)23-9-3/h13-14H,7-12H2,1-6H3. The predicted molar refractivity (Wildman–Crippen MR) is 90.2 cm³/mol. The maximum atomic E-state index is 12.6. The quantitative estimate of drug-likeness (QED) is 0.325. The van der Waals surface area contributed by atoms with Gasteiger partial charge in [-0.25, -0.2) is 0 Å². The molecule has 6 heteroatoms. The summed E-state index contributed by atoms with van der Waals surface area (Å²) >= 11 is 0. The van der Waals surface area contributed by atoms with Gasteiger partial charge in [0.15, 0.2) is 5.92 Å². The van der Waals surface area contributed by atoms with E-state index >= 15 is 0 Å². The normalized spacial score (nSPS) is 12.6. The molecule has 0 aromatic heterocycles. The smallest absolute Gasteiger partial charge is 0.321 e. The van der Waals surface area contributed by atoms with Gasteiger partial charge in [0.05, 0.1) is 25.7 Å². The number of carbonyl (C=O) groups is 3. The van der Waals surface area contributed by atoms with Crippen LogP contribution >= 0.6 is 0 Å². The lowest BCUT2D eigenvalue weighted by molar-refractivity contribution is -0.176. The first kappa shape index (κ1) is 22.4. The molecular formula is C18H32O6. The van der Waals surface area contributed by atoms with Crippen LogP contribution in [-0.2, 0) is 28.6 Å². The zero-order valence-electron chi connectivity index (χ0n) is 15.8. The Morgan fingerprint density at radius 1 is 0.792 bits per heavy atom. The first-order valence-electron chi connectivity index (χ1n) is 8.76. The zero-order valence-corrected chi connectivity index (χ0v) is 15.8. The molecule has 0 aliphatic carbocycles. The van der Waals surface area contributed by atoms with Crippen LogP contribution < -0.4 is 0 Å². The van der Waals surface area contributed by atoms with Crippen molar-refractivity contribution in [2.24, 2.45) is 17.3 Å². The van der Waals surface area contributed by atoms with E-state index in [4.69, 9.17) is 14.2 Å². The molecule has 0 aliphatic rings. The highest BCUT2D eigenvalue weighted by atomic mass is 16.6. The van der Waals surface area contributed by atoms with Crippen LogP contribution in [0.2, 0.25) is 0 Å².